The minimum absolute atomic E-state index is 0.0419. The number of nitrogens with zero attached hydrogens (tertiary/aromatic N) is 4. The second-order valence-electron chi connectivity index (χ2n) is 7.69. The predicted octanol–water partition coefficient (Wildman–Crippen LogP) is 3.39. The lowest BCUT2D eigenvalue weighted by molar-refractivity contribution is -0.757. The lowest BCUT2D eigenvalue weighted by Gasteiger charge is -2.46. The van der Waals surface area contributed by atoms with Crippen molar-refractivity contribution in [2.75, 3.05) is 25.1 Å². The summed E-state index contributed by atoms with van der Waals surface area (Å²) in [6.07, 6.45) is 1.08. The van der Waals surface area contributed by atoms with Crippen molar-refractivity contribution in [3.05, 3.63) is 75.5 Å². The minimum Gasteiger partial charge on any atom is -0.349 e. The molecule has 0 bridgehead atoms. The molecule has 1 unspecified atom stereocenters. The van der Waals surface area contributed by atoms with Gasteiger partial charge in [-0.1, -0.05) is 30.3 Å². The molecule has 2 aliphatic rings. The summed E-state index contributed by atoms with van der Waals surface area (Å²) in [6, 6.07) is 15.9. The van der Waals surface area contributed by atoms with Gasteiger partial charge in [0.25, 0.3) is 11.0 Å². The number of hydrogen-bond acceptors (Lipinski definition) is 5. The van der Waals surface area contributed by atoms with Crippen LogP contribution in [0, 0.1) is 10.1 Å². The van der Waals surface area contributed by atoms with Crippen molar-refractivity contribution in [3.63, 3.8) is 0 Å². The van der Waals surface area contributed by atoms with Gasteiger partial charge in [-0.25, -0.2) is 0 Å². The van der Waals surface area contributed by atoms with E-state index in [1.807, 2.05) is 48.3 Å². The Bertz CT molecular complexity index is 1160. The Kier molecular flexibility index (Phi) is 4.34. The third kappa shape index (κ3) is 2.71. The van der Waals surface area contributed by atoms with Gasteiger partial charge in [-0.2, -0.15) is 0 Å². The van der Waals surface area contributed by atoms with Crippen LogP contribution in [-0.4, -0.2) is 40.7 Å². The molecular weight excluding hydrogens is 384 g/mol. The summed E-state index contributed by atoms with van der Waals surface area (Å²) in [5.41, 5.74) is 5.08. The van der Waals surface area contributed by atoms with Crippen LogP contribution in [0.15, 0.2) is 48.5 Å². The zero-order valence-corrected chi connectivity index (χ0v) is 16.7. The normalized spacial score (nSPS) is 17.5. The Hall–Kier alpha value is -3.55. The maximum Gasteiger partial charge on any atom is 0.294 e. The van der Waals surface area contributed by atoms with Crippen LogP contribution in [-0.2, 0) is 17.8 Å². The van der Waals surface area contributed by atoms with Crippen molar-refractivity contribution in [2.24, 2.45) is 0 Å². The van der Waals surface area contributed by atoms with Crippen molar-refractivity contribution in [2.45, 2.75) is 25.6 Å². The molecule has 5 rings (SSSR count). The number of aromatic nitrogens is 1. The van der Waals surface area contributed by atoms with E-state index < -0.39 is 5.09 Å². The van der Waals surface area contributed by atoms with E-state index in [4.69, 9.17) is 0 Å². The lowest BCUT2D eigenvalue weighted by Crippen LogP contribution is -2.51. The average molecular weight is 406 g/mol. The Morgan fingerprint density at radius 3 is 2.77 bits per heavy atom. The maximum absolute atomic E-state index is 13.3. The van der Waals surface area contributed by atoms with Gasteiger partial charge in [0.15, 0.2) is 0 Å². The Labute approximate surface area is 173 Å². The molecule has 154 valence electrons. The van der Waals surface area contributed by atoms with Gasteiger partial charge in [-0.05, 0) is 36.6 Å². The monoisotopic (exact) mass is 406 g/mol. The fourth-order valence-corrected chi connectivity index (χ4v) is 4.91. The van der Waals surface area contributed by atoms with Crippen LogP contribution in [0.25, 0.3) is 10.9 Å². The molecule has 8 nitrogen and oxygen atoms in total. The Balaban J connectivity index is 1.62. The highest BCUT2D eigenvalue weighted by atomic mass is 16.9. The van der Waals surface area contributed by atoms with E-state index in [-0.39, 0.29) is 18.7 Å². The number of aryl methyl sites for hydroxylation is 1. The number of fused-ring (bicyclic) bond motifs is 6. The minimum atomic E-state index is -0.754. The van der Waals surface area contributed by atoms with Crippen LogP contribution in [0.1, 0.15) is 34.2 Å². The predicted molar refractivity (Wildman–Crippen MR) is 112 cm³/mol. The molecule has 0 radical (unpaired) electrons. The zero-order valence-electron chi connectivity index (χ0n) is 16.7. The fourth-order valence-electron chi connectivity index (χ4n) is 4.91. The first-order chi connectivity index (χ1) is 14.6. The van der Waals surface area contributed by atoms with Crippen LogP contribution in [0.3, 0.4) is 0 Å². The summed E-state index contributed by atoms with van der Waals surface area (Å²) in [6.45, 7) is 1.28. The van der Waals surface area contributed by atoms with Gasteiger partial charge in [0.1, 0.15) is 6.17 Å². The molecule has 1 amide bonds. The Morgan fingerprint density at radius 2 is 1.93 bits per heavy atom. The van der Waals surface area contributed by atoms with E-state index >= 15 is 0 Å². The van der Waals surface area contributed by atoms with Gasteiger partial charge in [0.2, 0.25) is 0 Å². The smallest absolute Gasteiger partial charge is 0.294 e. The quantitative estimate of drug-likeness (QED) is 0.369. The highest BCUT2D eigenvalue weighted by molar-refractivity contribution is 6.02. The van der Waals surface area contributed by atoms with Gasteiger partial charge in [-0.3, -0.25) is 4.79 Å². The molecule has 3 heterocycles. The molecule has 1 aromatic heterocycles. The van der Waals surface area contributed by atoms with Gasteiger partial charge in [0, 0.05) is 31.0 Å². The second-order valence-corrected chi connectivity index (χ2v) is 7.69. The second kappa shape index (κ2) is 7.05. The first-order valence-electron chi connectivity index (χ1n) is 10.1. The third-order valence-corrected chi connectivity index (χ3v) is 6.13. The van der Waals surface area contributed by atoms with Crippen molar-refractivity contribution in [3.8, 4) is 0 Å². The van der Waals surface area contributed by atoms with E-state index in [2.05, 4.69) is 26.4 Å². The first kappa shape index (κ1) is 18.5. The molecular formula is C22H22N4O4. The lowest BCUT2D eigenvalue weighted by atomic mass is 9.96. The van der Waals surface area contributed by atoms with Crippen LogP contribution in [0.4, 0.5) is 5.69 Å². The first-order valence-corrected chi connectivity index (χ1v) is 10.1. The number of benzene rings is 2. The highest BCUT2D eigenvalue weighted by Gasteiger charge is 2.42. The molecule has 0 fully saturated rings. The van der Waals surface area contributed by atoms with Crippen molar-refractivity contribution in [1.82, 2.24) is 9.47 Å². The van der Waals surface area contributed by atoms with Crippen LogP contribution in [0.2, 0.25) is 0 Å². The van der Waals surface area contributed by atoms with E-state index in [0.717, 1.165) is 28.9 Å². The third-order valence-electron chi connectivity index (χ3n) is 6.13. The number of carbonyl (C=O) groups excluding carboxylic acids is 1. The zero-order chi connectivity index (χ0) is 20.8. The average Bonchev–Trinajstić information content (AvgIpc) is 3.08. The summed E-state index contributed by atoms with van der Waals surface area (Å²) >= 11 is 0. The Morgan fingerprint density at radius 1 is 1.17 bits per heavy atom. The molecule has 0 saturated heterocycles. The van der Waals surface area contributed by atoms with E-state index in [1.54, 1.807) is 0 Å². The van der Waals surface area contributed by atoms with E-state index in [0.29, 0.717) is 19.5 Å². The van der Waals surface area contributed by atoms with Gasteiger partial charge in [-0.15, -0.1) is 10.1 Å². The summed E-state index contributed by atoms with van der Waals surface area (Å²) in [7, 11) is 2.02. The maximum atomic E-state index is 13.3. The summed E-state index contributed by atoms with van der Waals surface area (Å²) < 4.78 is 2.21. The van der Waals surface area contributed by atoms with Crippen molar-refractivity contribution >= 4 is 22.5 Å². The number of hydrogen-bond donors (Lipinski definition) is 0. The standard InChI is InChI=1S/C22H22N4O4/c1-23-18-9-4-3-8-17(18)22(27)25-13-11-16-15-7-2-5-10-19(15)24(20(16)21(23)25)12-6-14-30-26(28)29/h2-5,7-10,21H,6,11-14H2,1H3. The summed E-state index contributed by atoms with van der Waals surface area (Å²) in [5.74, 6) is 0.0489. The van der Waals surface area contributed by atoms with Gasteiger partial charge < -0.3 is 19.2 Å². The summed E-state index contributed by atoms with van der Waals surface area (Å²) in [4.78, 5) is 32.4. The van der Waals surface area contributed by atoms with Gasteiger partial charge in [0.05, 0.1) is 23.6 Å². The number of carbonyl (C=O) groups is 1. The molecule has 0 N–H and O–H groups in total. The van der Waals surface area contributed by atoms with Crippen LogP contribution in [0.5, 0.6) is 0 Å². The number of amides is 1. The molecule has 8 heteroatoms. The molecule has 0 saturated carbocycles. The van der Waals surface area contributed by atoms with E-state index in [1.165, 1.54) is 10.9 Å². The van der Waals surface area contributed by atoms with Crippen LogP contribution < -0.4 is 4.90 Å². The fraction of sp³-hybridized carbons (Fsp3) is 0.318. The number of anilines is 1. The largest absolute Gasteiger partial charge is 0.349 e. The molecule has 2 aromatic carbocycles. The number of rotatable bonds is 5. The van der Waals surface area contributed by atoms with Gasteiger partial charge >= 0.3 is 0 Å². The number of para-hydroxylation sites is 2. The van der Waals surface area contributed by atoms with Crippen LogP contribution >= 0.6 is 0 Å². The van der Waals surface area contributed by atoms with Crippen molar-refractivity contribution in [1.29, 1.82) is 0 Å². The molecule has 0 spiro atoms. The molecule has 1 atom stereocenters. The SMILES string of the molecule is CN1c2ccccc2C(=O)N2CCc3c(n(CCCO[N+](=O)[O-])c4ccccc34)C21. The molecule has 0 aliphatic carbocycles. The van der Waals surface area contributed by atoms with Crippen molar-refractivity contribution < 1.29 is 14.7 Å². The summed E-state index contributed by atoms with van der Waals surface area (Å²) in [5, 5.41) is 10.9. The van der Waals surface area contributed by atoms with E-state index in [9.17, 15) is 14.9 Å². The molecule has 30 heavy (non-hydrogen) atoms. The molecule has 3 aromatic rings. The highest BCUT2D eigenvalue weighted by Crippen LogP contribution is 2.44. The topological polar surface area (TPSA) is 80.9 Å². The molecule has 2 aliphatic heterocycles.